The van der Waals surface area contributed by atoms with Crippen molar-refractivity contribution in [3.8, 4) is 0 Å². The summed E-state index contributed by atoms with van der Waals surface area (Å²) in [6.45, 7) is 2.44. The Hall–Kier alpha value is -1.59. The van der Waals surface area contributed by atoms with Crippen molar-refractivity contribution in [3.05, 3.63) is 24.0 Å². The van der Waals surface area contributed by atoms with Gasteiger partial charge in [-0.05, 0) is 31.5 Å². The van der Waals surface area contributed by atoms with E-state index in [1.54, 1.807) is 13.0 Å². The standard InChI is InChI=1S/C12H17N3O2/c1-8(17)12-14-10-7-9(13)3-4-11(10)15(12)5-2-6-16/h3-4,7-8,16-17H,2,5-6,13H2,1H3. The normalized spacial score (nSPS) is 13.1. The smallest absolute Gasteiger partial charge is 0.138 e. The van der Waals surface area contributed by atoms with E-state index < -0.39 is 6.10 Å². The molecule has 1 unspecified atom stereocenters. The van der Waals surface area contributed by atoms with Crippen LogP contribution in [0.25, 0.3) is 11.0 Å². The summed E-state index contributed by atoms with van der Waals surface area (Å²) in [6.07, 6.45) is -0.00226. The van der Waals surface area contributed by atoms with E-state index in [0.717, 1.165) is 11.0 Å². The minimum absolute atomic E-state index is 0.119. The molecule has 17 heavy (non-hydrogen) atoms. The molecule has 0 aliphatic rings. The zero-order valence-corrected chi connectivity index (χ0v) is 9.80. The van der Waals surface area contributed by atoms with Crippen molar-refractivity contribution in [2.75, 3.05) is 12.3 Å². The molecular weight excluding hydrogens is 218 g/mol. The Bertz CT molecular complexity index is 520. The number of benzene rings is 1. The van der Waals surface area contributed by atoms with Gasteiger partial charge >= 0.3 is 0 Å². The highest BCUT2D eigenvalue weighted by atomic mass is 16.3. The molecule has 0 fully saturated rings. The van der Waals surface area contributed by atoms with Crippen molar-refractivity contribution in [1.29, 1.82) is 0 Å². The lowest BCUT2D eigenvalue weighted by Crippen LogP contribution is -2.08. The molecule has 2 aromatic rings. The van der Waals surface area contributed by atoms with Gasteiger partial charge in [-0.15, -0.1) is 0 Å². The third-order valence-corrected chi connectivity index (χ3v) is 2.72. The number of aryl methyl sites for hydroxylation is 1. The molecule has 1 aromatic carbocycles. The summed E-state index contributed by atoms with van der Waals surface area (Å²) in [6, 6.07) is 5.49. The van der Waals surface area contributed by atoms with Gasteiger partial charge in [0.05, 0.1) is 11.0 Å². The third-order valence-electron chi connectivity index (χ3n) is 2.72. The van der Waals surface area contributed by atoms with Crippen molar-refractivity contribution >= 4 is 16.7 Å². The third kappa shape index (κ3) is 2.25. The molecule has 92 valence electrons. The fourth-order valence-electron chi connectivity index (χ4n) is 1.95. The van der Waals surface area contributed by atoms with E-state index in [9.17, 15) is 5.11 Å². The minimum atomic E-state index is -0.637. The average molecular weight is 235 g/mol. The number of hydrogen-bond acceptors (Lipinski definition) is 4. The summed E-state index contributed by atoms with van der Waals surface area (Å²) in [5.74, 6) is 0.610. The zero-order valence-electron chi connectivity index (χ0n) is 9.80. The molecule has 5 heteroatoms. The van der Waals surface area contributed by atoms with Crippen molar-refractivity contribution in [2.45, 2.75) is 26.0 Å². The predicted octanol–water partition coefficient (Wildman–Crippen LogP) is 1.05. The SMILES string of the molecule is CC(O)c1nc2cc(N)ccc2n1CCCO. The number of aromatic nitrogens is 2. The van der Waals surface area contributed by atoms with Crippen LogP contribution in [0.1, 0.15) is 25.3 Å². The van der Waals surface area contributed by atoms with Gasteiger partial charge in [0.25, 0.3) is 0 Å². The Balaban J connectivity index is 2.54. The number of aliphatic hydroxyl groups is 2. The maximum atomic E-state index is 9.70. The van der Waals surface area contributed by atoms with Gasteiger partial charge in [0.2, 0.25) is 0 Å². The van der Waals surface area contributed by atoms with Crippen LogP contribution in [0.5, 0.6) is 0 Å². The molecule has 1 aromatic heterocycles. The Morgan fingerprint density at radius 1 is 1.47 bits per heavy atom. The molecule has 1 atom stereocenters. The molecule has 0 saturated heterocycles. The van der Waals surface area contributed by atoms with Crippen LogP contribution >= 0.6 is 0 Å². The van der Waals surface area contributed by atoms with E-state index in [4.69, 9.17) is 10.8 Å². The quantitative estimate of drug-likeness (QED) is 0.692. The molecule has 0 saturated carbocycles. The largest absolute Gasteiger partial charge is 0.399 e. The lowest BCUT2D eigenvalue weighted by molar-refractivity contribution is 0.183. The van der Waals surface area contributed by atoms with Crippen LogP contribution in [0.4, 0.5) is 5.69 Å². The Morgan fingerprint density at radius 3 is 2.88 bits per heavy atom. The molecule has 5 nitrogen and oxygen atoms in total. The molecule has 4 N–H and O–H groups in total. The van der Waals surface area contributed by atoms with Crippen LogP contribution in [0, 0.1) is 0 Å². The molecule has 0 aliphatic heterocycles. The molecule has 0 amide bonds. The van der Waals surface area contributed by atoms with Crippen LogP contribution in [0.2, 0.25) is 0 Å². The van der Waals surface area contributed by atoms with Crippen LogP contribution in [0.15, 0.2) is 18.2 Å². The highest BCUT2D eigenvalue weighted by molar-refractivity contribution is 5.79. The second-order valence-electron chi connectivity index (χ2n) is 4.12. The minimum Gasteiger partial charge on any atom is -0.399 e. The van der Waals surface area contributed by atoms with E-state index in [2.05, 4.69) is 4.98 Å². The Kier molecular flexibility index (Phi) is 3.31. The highest BCUT2D eigenvalue weighted by Crippen LogP contribution is 2.22. The number of fused-ring (bicyclic) bond motifs is 1. The summed E-state index contributed by atoms with van der Waals surface area (Å²) in [4.78, 5) is 4.38. The van der Waals surface area contributed by atoms with Crippen LogP contribution < -0.4 is 5.73 Å². The number of rotatable bonds is 4. The van der Waals surface area contributed by atoms with Crippen molar-refractivity contribution < 1.29 is 10.2 Å². The number of imidazole rings is 1. The topological polar surface area (TPSA) is 84.3 Å². The Morgan fingerprint density at radius 2 is 2.24 bits per heavy atom. The van der Waals surface area contributed by atoms with Gasteiger partial charge < -0.3 is 20.5 Å². The first-order valence-electron chi connectivity index (χ1n) is 5.68. The number of aliphatic hydroxyl groups excluding tert-OH is 2. The number of nitrogens with zero attached hydrogens (tertiary/aromatic N) is 2. The molecule has 2 rings (SSSR count). The molecule has 0 bridgehead atoms. The summed E-state index contributed by atoms with van der Waals surface area (Å²) >= 11 is 0. The van der Waals surface area contributed by atoms with Gasteiger partial charge in [0.15, 0.2) is 0 Å². The molecular formula is C12H17N3O2. The lowest BCUT2D eigenvalue weighted by atomic mass is 10.3. The number of nitrogens with two attached hydrogens (primary N) is 1. The average Bonchev–Trinajstić information content (AvgIpc) is 2.64. The molecule has 0 radical (unpaired) electrons. The van der Waals surface area contributed by atoms with E-state index in [1.807, 2.05) is 16.7 Å². The van der Waals surface area contributed by atoms with Crippen LogP contribution in [-0.4, -0.2) is 26.4 Å². The Labute approximate surface area is 99.5 Å². The van der Waals surface area contributed by atoms with Crippen LogP contribution in [0.3, 0.4) is 0 Å². The maximum absolute atomic E-state index is 9.70. The first-order chi connectivity index (χ1) is 8.13. The second-order valence-corrected chi connectivity index (χ2v) is 4.12. The predicted molar refractivity (Wildman–Crippen MR) is 66.5 cm³/mol. The van der Waals surface area contributed by atoms with Gasteiger partial charge in [0.1, 0.15) is 11.9 Å². The first-order valence-corrected chi connectivity index (χ1v) is 5.68. The fraction of sp³-hybridized carbons (Fsp3) is 0.417. The first kappa shape index (κ1) is 11.9. The summed E-state index contributed by atoms with van der Waals surface area (Å²) in [7, 11) is 0. The number of hydrogen-bond donors (Lipinski definition) is 3. The lowest BCUT2D eigenvalue weighted by Gasteiger charge is -2.09. The van der Waals surface area contributed by atoms with Gasteiger partial charge in [-0.1, -0.05) is 0 Å². The van der Waals surface area contributed by atoms with Gasteiger partial charge in [-0.2, -0.15) is 0 Å². The van der Waals surface area contributed by atoms with Crippen molar-refractivity contribution in [2.24, 2.45) is 0 Å². The van der Waals surface area contributed by atoms with Crippen LogP contribution in [-0.2, 0) is 6.54 Å². The number of nitrogen functional groups attached to an aromatic ring is 1. The van der Waals surface area contributed by atoms with Gasteiger partial charge in [-0.3, -0.25) is 0 Å². The summed E-state index contributed by atoms with van der Waals surface area (Å²) < 4.78 is 1.93. The van der Waals surface area contributed by atoms with Gasteiger partial charge in [0, 0.05) is 18.8 Å². The molecule has 1 heterocycles. The highest BCUT2D eigenvalue weighted by Gasteiger charge is 2.14. The number of anilines is 1. The van der Waals surface area contributed by atoms with E-state index in [1.165, 1.54) is 0 Å². The van der Waals surface area contributed by atoms with E-state index >= 15 is 0 Å². The second kappa shape index (κ2) is 4.73. The zero-order chi connectivity index (χ0) is 12.4. The molecule has 0 spiro atoms. The molecule has 0 aliphatic carbocycles. The van der Waals surface area contributed by atoms with Crippen molar-refractivity contribution in [1.82, 2.24) is 9.55 Å². The summed E-state index contributed by atoms with van der Waals surface area (Å²) in [5, 5.41) is 18.6. The van der Waals surface area contributed by atoms with Crippen molar-refractivity contribution in [3.63, 3.8) is 0 Å². The fourth-order valence-corrected chi connectivity index (χ4v) is 1.95. The van der Waals surface area contributed by atoms with E-state index in [-0.39, 0.29) is 6.61 Å². The maximum Gasteiger partial charge on any atom is 0.138 e. The monoisotopic (exact) mass is 235 g/mol. The van der Waals surface area contributed by atoms with E-state index in [0.29, 0.717) is 24.5 Å². The van der Waals surface area contributed by atoms with Gasteiger partial charge in [-0.25, -0.2) is 4.98 Å². The summed E-state index contributed by atoms with van der Waals surface area (Å²) in [5.41, 5.74) is 8.07.